The number of anilines is 2. The quantitative estimate of drug-likeness (QED) is 0.907. The molecule has 90 valence electrons. The van der Waals surface area contributed by atoms with Crippen LogP contribution in [0.25, 0.3) is 0 Å². The molecule has 0 atom stereocenters. The molecule has 1 heterocycles. The van der Waals surface area contributed by atoms with E-state index in [1.54, 1.807) is 12.1 Å². The summed E-state index contributed by atoms with van der Waals surface area (Å²) in [4.78, 5) is 1.88. The van der Waals surface area contributed by atoms with Crippen molar-refractivity contribution in [2.45, 2.75) is 13.5 Å². The number of aromatic nitrogens is 2. The lowest BCUT2D eigenvalue weighted by Gasteiger charge is -2.22. The summed E-state index contributed by atoms with van der Waals surface area (Å²) >= 11 is 1.15. The Morgan fingerprint density at radius 3 is 2.76 bits per heavy atom. The van der Waals surface area contributed by atoms with Crippen LogP contribution in [-0.4, -0.2) is 16.1 Å². The minimum atomic E-state index is -0.240. The highest BCUT2D eigenvalue weighted by atomic mass is 32.1. The summed E-state index contributed by atoms with van der Waals surface area (Å²) in [7, 11) is 0. The molecule has 2 N–H and O–H groups in total. The number of nitrogens with zero attached hydrogens (tertiary/aromatic N) is 3. The van der Waals surface area contributed by atoms with Gasteiger partial charge in [0, 0.05) is 18.1 Å². The molecule has 4 nitrogen and oxygen atoms in total. The molecule has 0 aliphatic carbocycles. The minimum Gasteiger partial charge on any atom is -0.388 e. The smallest absolute Gasteiger partial charge is 0.146 e. The van der Waals surface area contributed by atoms with Crippen LogP contribution < -0.4 is 10.6 Å². The third kappa shape index (κ3) is 2.52. The summed E-state index contributed by atoms with van der Waals surface area (Å²) in [6.45, 7) is 3.11. The van der Waals surface area contributed by atoms with Gasteiger partial charge in [-0.1, -0.05) is 16.6 Å². The number of benzene rings is 1. The topological polar surface area (TPSA) is 55.0 Å². The molecule has 17 heavy (non-hydrogen) atoms. The first-order valence-corrected chi connectivity index (χ1v) is 6.06. The summed E-state index contributed by atoms with van der Waals surface area (Å²) in [5.74, 6) is -0.240. The Labute approximate surface area is 103 Å². The van der Waals surface area contributed by atoms with Gasteiger partial charge in [0.25, 0.3) is 0 Å². The number of hydrogen-bond donors (Lipinski definition) is 1. The third-order valence-electron chi connectivity index (χ3n) is 2.50. The number of nitrogens with two attached hydrogens (primary N) is 1. The molecule has 0 amide bonds. The van der Waals surface area contributed by atoms with Gasteiger partial charge in [-0.25, -0.2) is 4.39 Å². The van der Waals surface area contributed by atoms with Crippen molar-refractivity contribution in [3.05, 3.63) is 35.8 Å². The number of halogens is 1. The van der Waals surface area contributed by atoms with E-state index in [2.05, 4.69) is 9.59 Å². The average molecular weight is 252 g/mol. The van der Waals surface area contributed by atoms with Gasteiger partial charge in [0.15, 0.2) is 0 Å². The van der Waals surface area contributed by atoms with Gasteiger partial charge in [0.05, 0.1) is 12.2 Å². The zero-order valence-electron chi connectivity index (χ0n) is 9.43. The van der Waals surface area contributed by atoms with Crippen molar-refractivity contribution in [3.63, 3.8) is 0 Å². The van der Waals surface area contributed by atoms with E-state index in [1.165, 1.54) is 6.07 Å². The summed E-state index contributed by atoms with van der Waals surface area (Å²) in [5, 5.41) is 4.52. The minimum absolute atomic E-state index is 0.240. The first-order valence-electron chi connectivity index (χ1n) is 5.28. The first kappa shape index (κ1) is 11.8. The molecule has 6 heteroatoms. The Hall–Kier alpha value is -1.69. The predicted molar refractivity (Wildman–Crippen MR) is 67.4 cm³/mol. The standard InChI is InChI=1S/C11H13FN4S/c1-2-16(7-9-11(13)17-15-14-9)10-6-4-3-5-8(10)12/h3-6H,2,7,13H2,1H3. The summed E-state index contributed by atoms with van der Waals surface area (Å²) < 4.78 is 17.4. The fourth-order valence-corrected chi connectivity index (χ4v) is 2.02. The molecule has 0 aliphatic heterocycles. The molecular formula is C11H13FN4S. The maximum absolute atomic E-state index is 13.6. The van der Waals surface area contributed by atoms with Crippen molar-refractivity contribution in [1.82, 2.24) is 9.59 Å². The van der Waals surface area contributed by atoms with E-state index < -0.39 is 0 Å². The number of hydrogen-bond acceptors (Lipinski definition) is 5. The van der Waals surface area contributed by atoms with E-state index in [1.807, 2.05) is 17.9 Å². The molecule has 0 saturated heterocycles. The monoisotopic (exact) mass is 252 g/mol. The molecule has 0 bridgehead atoms. The predicted octanol–water partition coefficient (Wildman–Crippen LogP) is 2.29. The molecule has 0 radical (unpaired) electrons. The normalized spacial score (nSPS) is 10.5. The van der Waals surface area contributed by atoms with Crippen molar-refractivity contribution >= 4 is 22.2 Å². The summed E-state index contributed by atoms with van der Waals surface area (Å²) in [6.07, 6.45) is 0. The maximum atomic E-state index is 13.6. The van der Waals surface area contributed by atoms with E-state index in [9.17, 15) is 4.39 Å². The molecule has 0 unspecified atom stereocenters. The van der Waals surface area contributed by atoms with Crippen LogP contribution in [0.2, 0.25) is 0 Å². The molecule has 0 fully saturated rings. The van der Waals surface area contributed by atoms with Gasteiger partial charge in [-0.3, -0.25) is 0 Å². The second kappa shape index (κ2) is 5.09. The Morgan fingerprint density at radius 1 is 1.41 bits per heavy atom. The van der Waals surface area contributed by atoms with Crippen LogP contribution in [0.4, 0.5) is 15.1 Å². The van der Waals surface area contributed by atoms with Crippen molar-refractivity contribution in [1.29, 1.82) is 0 Å². The molecule has 0 aliphatic rings. The van der Waals surface area contributed by atoms with Gasteiger partial charge in [0.1, 0.15) is 16.5 Å². The molecule has 0 spiro atoms. The molecular weight excluding hydrogens is 239 g/mol. The zero-order valence-corrected chi connectivity index (χ0v) is 10.2. The van der Waals surface area contributed by atoms with Gasteiger partial charge in [-0.05, 0) is 19.1 Å². The molecule has 1 aromatic carbocycles. The van der Waals surface area contributed by atoms with Crippen molar-refractivity contribution in [2.75, 3.05) is 17.2 Å². The lowest BCUT2D eigenvalue weighted by molar-refractivity contribution is 0.617. The highest BCUT2D eigenvalue weighted by molar-refractivity contribution is 7.09. The van der Waals surface area contributed by atoms with Crippen LogP contribution in [-0.2, 0) is 6.54 Å². The van der Waals surface area contributed by atoms with Crippen LogP contribution in [0.1, 0.15) is 12.6 Å². The van der Waals surface area contributed by atoms with Crippen LogP contribution in [0.5, 0.6) is 0 Å². The van der Waals surface area contributed by atoms with E-state index in [4.69, 9.17) is 5.73 Å². The molecule has 0 saturated carbocycles. The van der Waals surface area contributed by atoms with Gasteiger partial charge < -0.3 is 10.6 Å². The van der Waals surface area contributed by atoms with E-state index in [-0.39, 0.29) is 5.82 Å². The Morgan fingerprint density at radius 2 is 2.18 bits per heavy atom. The highest BCUT2D eigenvalue weighted by Crippen LogP contribution is 2.22. The van der Waals surface area contributed by atoms with E-state index in [0.29, 0.717) is 29.5 Å². The average Bonchev–Trinajstić information content (AvgIpc) is 2.73. The largest absolute Gasteiger partial charge is 0.388 e. The Balaban J connectivity index is 2.23. The summed E-state index contributed by atoms with van der Waals surface area (Å²) in [6, 6.07) is 6.67. The molecule has 2 aromatic rings. The third-order valence-corrected chi connectivity index (χ3v) is 3.10. The number of nitrogen functional groups attached to an aromatic ring is 1. The van der Waals surface area contributed by atoms with E-state index >= 15 is 0 Å². The molecule has 1 aromatic heterocycles. The van der Waals surface area contributed by atoms with E-state index in [0.717, 1.165) is 11.5 Å². The second-order valence-corrected chi connectivity index (χ2v) is 4.34. The van der Waals surface area contributed by atoms with Gasteiger partial charge >= 0.3 is 0 Å². The van der Waals surface area contributed by atoms with Crippen LogP contribution >= 0.6 is 11.5 Å². The molecule has 2 rings (SSSR count). The lowest BCUT2D eigenvalue weighted by atomic mass is 10.2. The Kier molecular flexibility index (Phi) is 3.53. The van der Waals surface area contributed by atoms with Crippen LogP contribution in [0.15, 0.2) is 24.3 Å². The highest BCUT2D eigenvalue weighted by Gasteiger charge is 2.13. The maximum Gasteiger partial charge on any atom is 0.146 e. The zero-order chi connectivity index (χ0) is 12.3. The second-order valence-electron chi connectivity index (χ2n) is 3.55. The van der Waals surface area contributed by atoms with Crippen LogP contribution in [0.3, 0.4) is 0 Å². The lowest BCUT2D eigenvalue weighted by Crippen LogP contribution is -2.23. The first-order chi connectivity index (χ1) is 8.22. The fourth-order valence-electron chi connectivity index (χ4n) is 1.58. The van der Waals surface area contributed by atoms with Gasteiger partial charge in [-0.2, -0.15) is 0 Å². The van der Waals surface area contributed by atoms with Crippen molar-refractivity contribution < 1.29 is 4.39 Å². The SMILES string of the molecule is CCN(Cc1nnsc1N)c1ccccc1F. The Bertz CT molecular complexity index is 500. The number of rotatable bonds is 4. The number of para-hydroxylation sites is 1. The van der Waals surface area contributed by atoms with Gasteiger partial charge in [-0.15, -0.1) is 5.10 Å². The summed E-state index contributed by atoms with van der Waals surface area (Å²) in [5.41, 5.74) is 6.99. The van der Waals surface area contributed by atoms with Crippen molar-refractivity contribution in [3.8, 4) is 0 Å². The van der Waals surface area contributed by atoms with Crippen LogP contribution in [0, 0.1) is 5.82 Å². The van der Waals surface area contributed by atoms with Crippen molar-refractivity contribution in [2.24, 2.45) is 0 Å². The fraction of sp³-hybridized carbons (Fsp3) is 0.273. The van der Waals surface area contributed by atoms with Gasteiger partial charge in [0.2, 0.25) is 0 Å².